The molecule has 0 aliphatic carbocycles. The predicted molar refractivity (Wildman–Crippen MR) is 149 cm³/mol. The summed E-state index contributed by atoms with van der Waals surface area (Å²) in [5.74, 6) is 0.531. The lowest BCUT2D eigenvalue weighted by Crippen LogP contribution is -2.31. The fraction of sp³-hybridized carbons (Fsp3) is 0.296. The molecule has 1 amide bonds. The highest BCUT2D eigenvalue weighted by molar-refractivity contribution is 7.93. The van der Waals surface area contributed by atoms with Crippen LogP contribution in [0.25, 0.3) is 0 Å². The molecule has 1 saturated heterocycles. The molecule has 4 rings (SSSR count). The van der Waals surface area contributed by atoms with Gasteiger partial charge in [0.25, 0.3) is 15.9 Å². The van der Waals surface area contributed by atoms with Crippen LogP contribution in [0.15, 0.2) is 59.5 Å². The van der Waals surface area contributed by atoms with Crippen LogP contribution in [0.4, 0.5) is 17.1 Å². The summed E-state index contributed by atoms with van der Waals surface area (Å²) in [4.78, 5) is 15.3. The summed E-state index contributed by atoms with van der Waals surface area (Å²) in [6, 6.07) is 14.5. The quantitative estimate of drug-likeness (QED) is 0.361. The van der Waals surface area contributed by atoms with Crippen molar-refractivity contribution < 1.29 is 27.4 Å². The van der Waals surface area contributed by atoms with E-state index in [4.69, 9.17) is 25.8 Å². The van der Waals surface area contributed by atoms with Crippen LogP contribution in [0, 0.1) is 0 Å². The number of methoxy groups -OCH3 is 3. The zero-order chi connectivity index (χ0) is 27.3. The number of rotatable bonds is 9. The normalized spacial score (nSPS) is 13.5. The summed E-state index contributed by atoms with van der Waals surface area (Å²) in [5, 5.41) is 3.07. The van der Waals surface area contributed by atoms with Crippen molar-refractivity contribution in [3.8, 4) is 17.2 Å². The van der Waals surface area contributed by atoms with Gasteiger partial charge < -0.3 is 24.4 Å². The maximum atomic E-state index is 13.6. The molecule has 2 N–H and O–H groups in total. The minimum atomic E-state index is -4.05. The number of sulfonamides is 1. The molecule has 0 bridgehead atoms. The summed E-state index contributed by atoms with van der Waals surface area (Å²) in [5.41, 5.74) is 1.39. The molecule has 9 nitrogen and oxygen atoms in total. The Bertz CT molecular complexity index is 1400. The third-order valence-corrected chi connectivity index (χ3v) is 7.97. The molecular formula is C27H30ClN3O6S. The molecule has 0 radical (unpaired) electrons. The minimum Gasteiger partial charge on any atom is -0.493 e. The number of carbonyl (C=O) groups is 1. The van der Waals surface area contributed by atoms with Crippen LogP contribution in [0.2, 0.25) is 5.02 Å². The molecule has 11 heteroatoms. The van der Waals surface area contributed by atoms with Gasteiger partial charge in [0.05, 0.1) is 37.7 Å². The van der Waals surface area contributed by atoms with Crippen LogP contribution >= 0.6 is 11.6 Å². The number of hydrogen-bond acceptors (Lipinski definition) is 7. The van der Waals surface area contributed by atoms with Crippen molar-refractivity contribution >= 4 is 44.6 Å². The van der Waals surface area contributed by atoms with Crippen LogP contribution in [0.1, 0.15) is 29.6 Å². The summed E-state index contributed by atoms with van der Waals surface area (Å²) < 4.78 is 45.8. The number of hydrogen-bond donors (Lipinski definition) is 2. The van der Waals surface area contributed by atoms with E-state index in [9.17, 15) is 13.2 Å². The van der Waals surface area contributed by atoms with E-state index < -0.39 is 15.9 Å². The Balaban J connectivity index is 1.71. The standard InChI is InChI=1S/C27H30ClN3O6S/c1-35-23-15-18(16-24(36-2)26(23)37-3)27(32)29-19-11-12-22(31-13-7-4-8-14-31)25(17-19)38(33,34)30-21-10-6-5-9-20(21)28/h5-6,9-12,15-17,30H,4,7-8,13-14H2,1-3H3,(H,29,32). The molecule has 1 heterocycles. The summed E-state index contributed by atoms with van der Waals surface area (Å²) >= 11 is 6.22. The van der Waals surface area contributed by atoms with Gasteiger partial charge in [-0.3, -0.25) is 9.52 Å². The fourth-order valence-electron chi connectivity index (χ4n) is 4.36. The third-order valence-electron chi connectivity index (χ3n) is 6.25. The lowest BCUT2D eigenvalue weighted by molar-refractivity contribution is 0.102. The van der Waals surface area contributed by atoms with Crippen LogP contribution in [-0.4, -0.2) is 48.7 Å². The Morgan fingerprint density at radius 2 is 1.55 bits per heavy atom. The minimum absolute atomic E-state index is 0.0435. The molecule has 0 unspecified atom stereocenters. The lowest BCUT2D eigenvalue weighted by atomic mass is 10.1. The predicted octanol–water partition coefficient (Wildman–Crippen LogP) is 5.41. The van der Waals surface area contributed by atoms with Gasteiger partial charge in [0, 0.05) is 24.3 Å². The number of ether oxygens (including phenoxy) is 3. The number of anilines is 3. The SMILES string of the molecule is COc1cc(C(=O)Nc2ccc(N3CCCCC3)c(S(=O)(=O)Nc3ccccc3Cl)c2)cc(OC)c1OC. The van der Waals surface area contributed by atoms with Crippen molar-refractivity contribution in [1.82, 2.24) is 0 Å². The molecule has 1 fully saturated rings. The molecule has 3 aromatic carbocycles. The first kappa shape index (κ1) is 27.4. The number of carbonyl (C=O) groups excluding carboxylic acids is 1. The zero-order valence-electron chi connectivity index (χ0n) is 21.4. The van der Waals surface area contributed by atoms with Gasteiger partial charge in [-0.15, -0.1) is 0 Å². The van der Waals surface area contributed by atoms with Crippen molar-refractivity contribution in [1.29, 1.82) is 0 Å². The van der Waals surface area contributed by atoms with Crippen molar-refractivity contribution in [2.45, 2.75) is 24.2 Å². The molecule has 0 spiro atoms. The van der Waals surface area contributed by atoms with E-state index in [1.165, 1.54) is 39.5 Å². The highest BCUT2D eigenvalue weighted by atomic mass is 35.5. The van der Waals surface area contributed by atoms with Crippen molar-refractivity contribution in [2.24, 2.45) is 0 Å². The maximum absolute atomic E-state index is 13.6. The molecule has 3 aromatic rings. The zero-order valence-corrected chi connectivity index (χ0v) is 23.0. The van der Waals surface area contributed by atoms with Gasteiger partial charge in [0.2, 0.25) is 5.75 Å². The molecule has 0 saturated carbocycles. The second-order valence-electron chi connectivity index (χ2n) is 8.68. The summed E-state index contributed by atoms with van der Waals surface area (Å²) in [7, 11) is 0.341. The number of para-hydroxylation sites is 1. The van der Waals surface area contributed by atoms with Crippen molar-refractivity contribution in [2.75, 3.05) is 49.4 Å². The van der Waals surface area contributed by atoms with E-state index in [0.29, 0.717) is 28.6 Å². The molecule has 0 aromatic heterocycles. The first-order valence-corrected chi connectivity index (χ1v) is 13.9. The van der Waals surface area contributed by atoms with Gasteiger partial charge in [0.15, 0.2) is 11.5 Å². The second kappa shape index (κ2) is 11.8. The number of halogens is 1. The monoisotopic (exact) mass is 559 g/mol. The van der Waals surface area contributed by atoms with E-state index in [1.54, 1.807) is 36.4 Å². The average molecular weight is 560 g/mol. The van der Waals surface area contributed by atoms with Gasteiger partial charge in [-0.2, -0.15) is 0 Å². The van der Waals surface area contributed by atoms with Crippen LogP contribution in [0.5, 0.6) is 17.2 Å². The number of benzene rings is 3. The first-order chi connectivity index (χ1) is 18.3. The second-order valence-corrected chi connectivity index (χ2v) is 10.7. The van der Waals surface area contributed by atoms with Crippen molar-refractivity contribution in [3.05, 3.63) is 65.2 Å². The number of nitrogens with zero attached hydrogens (tertiary/aromatic N) is 1. The largest absolute Gasteiger partial charge is 0.493 e. The highest BCUT2D eigenvalue weighted by Gasteiger charge is 2.25. The Morgan fingerprint density at radius 1 is 0.895 bits per heavy atom. The molecule has 202 valence electrons. The van der Waals surface area contributed by atoms with E-state index >= 15 is 0 Å². The smallest absolute Gasteiger partial charge is 0.264 e. The van der Waals surface area contributed by atoms with Gasteiger partial charge in [-0.05, 0) is 61.7 Å². The molecular weight excluding hydrogens is 530 g/mol. The van der Waals surface area contributed by atoms with E-state index in [-0.39, 0.29) is 21.2 Å². The molecule has 1 aliphatic rings. The van der Waals surface area contributed by atoms with E-state index in [1.807, 2.05) is 0 Å². The number of nitrogens with one attached hydrogen (secondary N) is 2. The molecule has 38 heavy (non-hydrogen) atoms. The maximum Gasteiger partial charge on any atom is 0.264 e. The van der Waals surface area contributed by atoms with E-state index in [2.05, 4.69) is 14.9 Å². The first-order valence-electron chi connectivity index (χ1n) is 12.0. The topological polar surface area (TPSA) is 106 Å². The highest BCUT2D eigenvalue weighted by Crippen LogP contribution is 2.39. The lowest BCUT2D eigenvalue weighted by Gasteiger charge is -2.30. The van der Waals surface area contributed by atoms with Gasteiger partial charge in [0.1, 0.15) is 4.90 Å². The third kappa shape index (κ3) is 5.92. The van der Waals surface area contributed by atoms with E-state index in [0.717, 1.165) is 32.4 Å². The Morgan fingerprint density at radius 3 is 2.16 bits per heavy atom. The van der Waals surface area contributed by atoms with Gasteiger partial charge >= 0.3 is 0 Å². The molecule has 0 atom stereocenters. The Kier molecular flexibility index (Phi) is 8.53. The number of amides is 1. The Labute approximate surface area is 227 Å². The fourth-order valence-corrected chi connectivity index (χ4v) is 5.93. The summed E-state index contributed by atoms with van der Waals surface area (Å²) in [6.07, 6.45) is 3.04. The van der Waals surface area contributed by atoms with Crippen LogP contribution in [-0.2, 0) is 10.0 Å². The summed E-state index contributed by atoms with van der Waals surface area (Å²) in [6.45, 7) is 1.48. The van der Waals surface area contributed by atoms with Crippen LogP contribution in [0.3, 0.4) is 0 Å². The molecule has 1 aliphatic heterocycles. The van der Waals surface area contributed by atoms with Gasteiger partial charge in [-0.1, -0.05) is 23.7 Å². The van der Waals surface area contributed by atoms with Gasteiger partial charge in [-0.25, -0.2) is 8.42 Å². The van der Waals surface area contributed by atoms with Crippen molar-refractivity contribution in [3.63, 3.8) is 0 Å². The Hall–Kier alpha value is -3.63. The average Bonchev–Trinajstić information content (AvgIpc) is 2.93. The van der Waals surface area contributed by atoms with Crippen LogP contribution < -0.4 is 29.1 Å². The number of piperidine rings is 1.